The van der Waals surface area contributed by atoms with Gasteiger partial charge in [0.1, 0.15) is 6.10 Å². The van der Waals surface area contributed by atoms with Gasteiger partial charge in [-0.05, 0) is 76.5 Å². The minimum atomic E-state index is -1.30. The minimum absolute atomic E-state index is 0.0841. The number of rotatable bonds is 12. The summed E-state index contributed by atoms with van der Waals surface area (Å²) in [5, 5.41) is 0. The average Bonchev–Trinajstić information content (AvgIpc) is 3.00. The molecular weight excluding hydrogens is 648 g/mol. The molecule has 0 aromatic rings. The Morgan fingerprint density at radius 3 is 2.08 bits per heavy atom. The Bertz CT molecular complexity index is 1330. The van der Waals surface area contributed by atoms with Gasteiger partial charge in [0.2, 0.25) is 0 Å². The van der Waals surface area contributed by atoms with Gasteiger partial charge in [0.15, 0.2) is 24.6 Å². The largest absolute Gasteiger partial charge is 0.469 e. The summed E-state index contributed by atoms with van der Waals surface area (Å²) in [5.41, 5.74) is 0.747. The molecule has 50 heavy (non-hydrogen) atoms. The van der Waals surface area contributed by atoms with Gasteiger partial charge in [0, 0.05) is 38.2 Å². The van der Waals surface area contributed by atoms with Crippen molar-refractivity contribution in [1.29, 1.82) is 0 Å². The lowest BCUT2D eigenvalue weighted by Gasteiger charge is -2.61. The second-order valence-corrected chi connectivity index (χ2v) is 15.2. The lowest BCUT2D eigenvalue weighted by atomic mass is 9.46. The molecule has 2 aliphatic carbocycles. The smallest absolute Gasteiger partial charge is 0.333 e. The molecule has 1 heterocycles. The van der Waals surface area contributed by atoms with Crippen molar-refractivity contribution in [1.82, 2.24) is 0 Å². The molecule has 0 aromatic carbocycles. The highest BCUT2D eigenvalue weighted by Gasteiger charge is 2.62. The third-order valence-corrected chi connectivity index (χ3v) is 11.0. The van der Waals surface area contributed by atoms with Crippen molar-refractivity contribution in [2.45, 2.75) is 151 Å². The van der Waals surface area contributed by atoms with Crippen molar-refractivity contribution in [3.05, 3.63) is 23.3 Å². The first kappa shape index (κ1) is 41.2. The molecule has 3 rings (SSSR count). The number of allylic oxidation sites excluding steroid dienone is 3. The second-order valence-electron chi connectivity index (χ2n) is 15.2. The topological polar surface area (TPSA) is 150 Å². The first-order valence-corrected chi connectivity index (χ1v) is 17.7. The van der Waals surface area contributed by atoms with Crippen LogP contribution in [0.15, 0.2) is 23.3 Å². The highest BCUT2D eigenvalue weighted by atomic mass is 16.7. The zero-order valence-corrected chi connectivity index (χ0v) is 31.9. The van der Waals surface area contributed by atoms with Gasteiger partial charge in [-0.15, -0.1) is 0 Å². The molecule has 11 unspecified atom stereocenters. The highest BCUT2D eigenvalue weighted by molar-refractivity contribution is 5.87. The molecule has 0 N–H and O–H groups in total. The lowest BCUT2D eigenvalue weighted by molar-refractivity contribution is -0.329. The molecule has 0 aromatic heterocycles. The average molecular weight is 707 g/mol. The third-order valence-electron chi connectivity index (χ3n) is 11.0. The minimum Gasteiger partial charge on any atom is -0.469 e. The summed E-state index contributed by atoms with van der Waals surface area (Å²) in [6.07, 6.45) is -0.0436. The quantitative estimate of drug-likeness (QED) is 0.105. The molecule has 1 saturated heterocycles. The fraction of sp³-hybridized carbons (Fsp3) is 0.763. The van der Waals surface area contributed by atoms with Gasteiger partial charge in [-0.2, -0.15) is 0 Å². The van der Waals surface area contributed by atoms with E-state index in [2.05, 4.69) is 33.8 Å². The normalized spacial score (nSPS) is 34.3. The monoisotopic (exact) mass is 706 g/mol. The molecule has 12 nitrogen and oxygen atoms in total. The Kier molecular flexibility index (Phi) is 13.9. The van der Waals surface area contributed by atoms with Crippen molar-refractivity contribution in [3.63, 3.8) is 0 Å². The Morgan fingerprint density at radius 1 is 0.940 bits per heavy atom. The summed E-state index contributed by atoms with van der Waals surface area (Å²) in [6, 6.07) is 0. The van der Waals surface area contributed by atoms with E-state index < -0.39 is 72.2 Å². The van der Waals surface area contributed by atoms with Crippen LogP contribution in [-0.2, 0) is 57.1 Å². The Morgan fingerprint density at radius 2 is 1.52 bits per heavy atom. The number of hydrogen-bond donors (Lipinski definition) is 0. The number of carbonyl (C=O) groups excluding carboxylic acids is 5. The van der Waals surface area contributed by atoms with E-state index in [0.717, 1.165) is 19.3 Å². The maximum atomic E-state index is 13.4. The number of fused-ring (bicyclic) bond motifs is 1. The van der Waals surface area contributed by atoms with Gasteiger partial charge in [-0.1, -0.05) is 45.4 Å². The van der Waals surface area contributed by atoms with Crippen LogP contribution in [-0.4, -0.2) is 79.9 Å². The third kappa shape index (κ3) is 9.34. The van der Waals surface area contributed by atoms with Gasteiger partial charge >= 0.3 is 29.8 Å². The van der Waals surface area contributed by atoms with E-state index in [1.54, 1.807) is 26.8 Å². The van der Waals surface area contributed by atoms with Crippen LogP contribution in [0, 0.1) is 28.6 Å². The molecule has 0 radical (unpaired) electrons. The molecule has 2 fully saturated rings. The van der Waals surface area contributed by atoms with Gasteiger partial charge in [-0.25, -0.2) is 4.79 Å². The second kappa shape index (κ2) is 16.8. The van der Waals surface area contributed by atoms with Gasteiger partial charge in [-0.3, -0.25) is 19.2 Å². The molecule has 0 amide bonds. The van der Waals surface area contributed by atoms with Crippen molar-refractivity contribution in [2.24, 2.45) is 28.6 Å². The van der Waals surface area contributed by atoms with E-state index in [1.807, 2.05) is 6.92 Å². The number of methoxy groups -OCH3 is 1. The zero-order valence-electron chi connectivity index (χ0n) is 31.9. The molecular formula is C38H58O12. The van der Waals surface area contributed by atoms with E-state index in [1.165, 1.54) is 33.5 Å². The van der Waals surface area contributed by atoms with Crippen LogP contribution in [0.25, 0.3) is 0 Å². The van der Waals surface area contributed by atoms with Crippen LogP contribution in [0.1, 0.15) is 108 Å². The van der Waals surface area contributed by atoms with Crippen molar-refractivity contribution in [2.75, 3.05) is 7.11 Å². The molecule has 1 aliphatic heterocycles. The number of esters is 5. The van der Waals surface area contributed by atoms with Gasteiger partial charge < -0.3 is 33.2 Å². The van der Waals surface area contributed by atoms with Crippen LogP contribution >= 0.6 is 0 Å². The van der Waals surface area contributed by atoms with Gasteiger partial charge in [0.25, 0.3) is 0 Å². The highest BCUT2D eigenvalue weighted by Crippen LogP contribution is 2.62. The molecule has 282 valence electrons. The summed E-state index contributed by atoms with van der Waals surface area (Å²) in [4.78, 5) is 62.2. The predicted molar refractivity (Wildman–Crippen MR) is 182 cm³/mol. The Hall–Kier alpha value is -3.25. The van der Waals surface area contributed by atoms with E-state index in [-0.39, 0.29) is 29.1 Å². The molecule has 3 aliphatic rings. The number of ether oxygens (including phenoxy) is 7. The van der Waals surface area contributed by atoms with Crippen molar-refractivity contribution in [3.8, 4) is 0 Å². The maximum absolute atomic E-state index is 13.4. The fourth-order valence-electron chi connectivity index (χ4n) is 8.54. The maximum Gasteiger partial charge on any atom is 0.333 e. The molecule has 0 bridgehead atoms. The Labute approximate surface area is 296 Å². The lowest BCUT2D eigenvalue weighted by Crippen LogP contribution is -2.65. The predicted octanol–water partition coefficient (Wildman–Crippen LogP) is 5.79. The standard InChI is InChI=1S/C38H58O12/c1-13-21(3)35(43)50-34-28(49-36-33(48-26(8)41)32(47-25(7)40)31(23(5)45-36)46-24(6)39)19-38(11)27(16-14-20(2)18-30(42)44-12)22(4)15-17-29(38)37(34,9)10/h13,15,20,23,27-29,31-34,36H,14,16-19H2,1-12H3. The first-order chi connectivity index (χ1) is 23.3. The van der Waals surface area contributed by atoms with E-state index in [0.29, 0.717) is 18.4 Å². The van der Waals surface area contributed by atoms with Crippen LogP contribution in [0.4, 0.5) is 0 Å². The summed E-state index contributed by atoms with van der Waals surface area (Å²) < 4.78 is 41.2. The molecule has 0 spiro atoms. The van der Waals surface area contributed by atoms with Crippen molar-refractivity contribution >= 4 is 29.8 Å². The van der Waals surface area contributed by atoms with Crippen LogP contribution in [0.5, 0.6) is 0 Å². The van der Waals surface area contributed by atoms with Crippen LogP contribution in [0.2, 0.25) is 0 Å². The van der Waals surface area contributed by atoms with Crippen molar-refractivity contribution < 1.29 is 57.1 Å². The van der Waals surface area contributed by atoms with Crippen LogP contribution < -0.4 is 0 Å². The Balaban J connectivity index is 2.10. The molecule has 1 saturated carbocycles. The summed E-state index contributed by atoms with van der Waals surface area (Å²) in [6.45, 7) is 19.4. The van der Waals surface area contributed by atoms with Gasteiger partial charge in [0.05, 0.1) is 19.3 Å². The first-order valence-electron chi connectivity index (χ1n) is 17.7. The van der Waals surface area contributed by atoms with E-state index in [9.17, 15) is 24.0 Å². The van der Waals surface area contributed by atoms with E-state index >= 15 is 0 Å². The zero-order chi connectivity index (χ0) is 37.7. The summed E-state index contributed by atoms with van der Waals surface area (Å²) in [5.74, 6) is -2.37. The SMILES string of the molecule is CC=C(C)C(=O)OC1C(OC2OC(C)C(OC(C)=O)C(OC(C)=O)C2OC(C)=O)CC2(C)C(CCC(C)CC(=O)OC)C(C)=CCC2C1(C)C. The summed E-state index contributed by atoms with van der Waals surface area (Å²) in [7, 11) is 1.40. The number of hydrogen-bond acceptors (Lipinski definition) is 12. The molecule has 12 heteroatoms. The number of carbonyl (C=O) groups is 5. The molecule has 11 atom stereocenters. The van der Waals surface area contributed by atoms with Crippen LogP contribution in [0.3, 0.4) is 0 Å². The summed E-state index contributed by atoms with van der Waals surface area (Å²) >= 11 is 0. The fourth-order valence-corrected chi connectivity index (χ4v) is 8.54. The van der Waals surface area contributed by atoms with E-state index in [4.69, 9.17) is 33.2 Å².